The number of hydrogen-bond acceptors (Lipinski definition) is 4. The number of rotatable bonds is 6. The maximum Gasteiger partial charge on any atom is 0.182 e. The maximum absolute atomic E-state index is 10.3. The fourth-order valence-corrected chi connectivity index (χ4v) is 5.46. The minimum Gasteiger partial charge on any atom is -0.335 e. The van der Waals surface area contributed by atoms with Crippen LogP contribution in [0.4, 0.5) is 0 Å². The Hall–Kier alpha value is -6.50. The molecule has 0 aliphatic carbocycles. The summed E-state index contributed by atoms with van der Waals surface area (Å²) in [6.07, 6.45) is 0. The Bertz CT molecular complexity index is 2110. The number of nitriles is 2. The van der Waals surface area contributed by atoms with Gasteiger partial charge in [0.2, 0.25) is 0 Å². The van der Waals surface area contributed by atoms with Gasteiger partial charge in [-0.1, -0.05) is 121 Å². The number of imidazole rings is 2. The first-order chi connectivity index (χ1) is 21.7. The lowest BCUT2D eigenvalue weighted by Crippen LogP contribution is -2.04. The van der Waals surface area contributed by atoms with Gasteiger partial charge in [0.15, 0.2) is 11.6 Å². The van der Waals surface area contributed by atoms with Crippen molar-refractivity contribution in [3.8, 4) is 74.5 Å². The first-order valence-corrected chi connectivity index (χ1v) is 14.1. The predicted octanol–water partition coefficient (Wildman–Crippen LogP) is 8.67. The highest BCUT2D eigenvalue weighted by atomic mass is 15.1. The summed E-state index contributed by atoms with van der Waals surface area (Å²) in [7, 11) is 0. The van der Waals surface area contributed by atoms with Crippen LogP contribution in [0, 0.1) is 22.7 Å². The SMILES string of the molecule is N#Cc1ccc(-n2c(-c3nc(-c4ccccc4)c(-c4ccccc4)[nH]3)nc(-c3ccccc3)c2-c2ccccc2)c(C#N)c1. The predicted molar refractivity (Wildman–Crippen MR) is 172 cm³/mol. The summed E-state index contributed by atoms with van der Waals surface area (Å²) in [6.45, 7) is 0. The van der Waals surface area contributed by atoms with E-state index in [0.717, 1.165) is 45.0 Å². The third-order valence-corrected chi connectivity index (χ3v) is 7.48. The Labute approximate surface area is 254 Å². The van der Waals surface area contributed by atoms with Gasteiger partial charge in [0.05, 0.1) is 45.7 Å². The first kappa shape index (κ1) is 26.4. The average Bonchev–Trinajstić information content (AvgIpc) is 3.72. The van der Waals surface area contributed by atoms with Crippen molar-refractivity contribution in [3.05, 3.63) is 151 Å². The van der Waals surface area contributed by atoms with Gasteiger partial charge in [0.1, 0.15) is 6.07 Å². The molecule has 206 valence electrons. The Morgan fingerprint density at radius 1 is 0.545 bits per heavy atom. The van der Waals surface area contributed by atoms with E-state index in [0.29, 0.717) is 28.5 Å². The molecule has 0 radical (unpaired) electrons. The van der Waals surface area contributed by atoms with E-state index >= 15 is 0 Å². The van der Waals surface area contributed by atoms with Crippen molar-refractivity contribution in [2.75, 3.05) is 0 Å². The van der Waals surface area contributed by atoms with E-state index in [2.05, 4.69) is 29.3 Å². The summed E-state index contributed by atoms with van der Waals surface area (Å²) in [5, 5.41) is 19.9. The molecule has 0 fully saturated rings. The molecule has 2 aromatic heterocycles. The molecule has 0 aliphatic rings. The van der Waals surface area contributed by atoms with Crippen LogP contribution in [0.3, 0.4) is 0 Å². The summed E-state index contributed by atoms with van der Waals surface area (Å²) in [5.41, 5.74) is 8.41. The highest BCUT2D eigenvalue weighted by Gasteiger charge is 2.27. The van der Waals surface area contributed by atoms with Gasteiger partial charge in [-0.2, -0.15) is 10.5 Å². The van der Waals surface area contributed by atoms with Gasteiger partial charge < -0.3 is 4.98 Å². The molecule has 5 aromatic carbocycles. The summed E-state index contributed by atoms with van der Waals surface area (Å²) >= 11 is 0. The van der Waals surface area contributed by atoms with Crippen molar-refractivity contribution in [1.82, 2.24) is 19.5 Å². The minimum atomic E-state index is 0.359. The number of nitrogens with one attached hydrogen (secondary N) is 1. The van der Waals surface area contributed by atoms with Crippen LogP contribution in [0.15, 0.2) is 140 Å². The molecule has 0 bridgehead atoms. The molecule has 0 saturated carbocycles. The summed E-state index contributed by atoms with van der Waals surface area (Å²) in [5.74, 6) is 1.10. The highest BCUT2D eigenvalue weighted by Crippen LogP contribution is 2.40. The van der Waals surface area contributed by atoms with Gasteiger partial charge in [-0.3, -0.25) is 4.57 Å². The van der Waals surface area contributed by atoms with Crippen LogP contribution in [0.1, 0.15) is 11.1 Å². The zero-order valence-electron chi connectivity index (χ0n) is 23.5. The number of aromatic nitrogens is 4. The molecule has 44 heavy (non-hydrogen) atoms. The second-order valence-electron chi connectivity index (χ2n) is 10.2. The Morgan fingerprint density at radius 3 is 1.66 bits per heavy atom. The molecule has 6 heteroatoms. The number of nitrogens with zero attached hydrogens (tertiary/aromatic N) is 5. The molecule has 6 nitrogen and oxygen atoms in total. The van der Waals surface area contributed by atoms with Crippen molar-refractivity contribution in [2.24, 2.45) is 0 Å². The van der Waals surface area contributed by atoms with E-state index < -0.39 is 0 Å². The lowest BCUT2D eigenvalue weighted by molar-refractivity contribution is 1.04. The molecule has 0 aliphatic heterocycles. The molecule has 0 atom stereocenters. The van der Waals surface area contributed by atoms with Crippen LogP contribution in [-0.2, 0) is 0 Å². The van der Waals surface area contributed by atoms with Gasteiger partial charge in [0.25, 0.3) is 0 Å². The number of aromatic amines is 1. The standard InChI is InChI=1S/C38H24N6/c39-24-26-21-22-32(31(23-26)25-40)44-36(30-19-11-4-12-20-30)35(29-17-9-3-10-18-29)43-38(44)37-41-33(27-13-5-1-6-14-27)34(42-37)28-15-7-2-8-16-28/h1-23H,(H,41,42). The number of H-pyrrole nitrogens is 1. The van der Waals surface area contributed by atoms with E-state index in [9.17, 15) is 10.5 Å². The van der Waals surface area contributed by atoms with E-state index in [4.69, 9.17) is 9.97 Å². The monoisotopic (exact) mass is 564 g/mol. The zero-order chi connectivity index (χ0) is 29.9. The lowest BCUT2D eigenvalue weighted by Gasteiger charge is -2.14. The highest BCUT2D eigenvalue weighted by molar-refractivity contribution is 5.86. The van der Waals surface area contributed by atoms with E-state index in [-0.39, 0.29) is 0 Å². The average molecular weight is 565 g/mol. The Morgan fingerprint density at radius 2 is 1.09 bits per heavy atom. The van der Waals surface area contributed by atoms with E-state index in [1.54, 1.807) is 12.1 Å². The van der Waals surface area contributed by atoms with Crippen LogP contribution >= 0.6 is 0 Å². The van der Waals surface area contributed by atoms with Crippen molar-refractivity contribution in [1.29, 1.82) is 10.5 Å². The van der Waals surface area contributed by atoms with Gasteiger partial charge in [-0.25, -0.2) is 9.97 Å². The van der Waals surface area contributed by atoms with Crippen LogP contribution in [-0.4, -0.2) is 19.5 Å². The van der Waals surface area contributed by atoms with Crippen LogP contribution < -0.4 is 0 Å². The molecule has 1 N–H and O–H groups in total. The third kappa shape index (κ3) is 4.73. The van der Waals surface area contributed by atoms with Gasteiger partial charge in [0, 0.05) is 22.3 Å². The molecular formula is C38H24N6. The van der Waals surface area contributed by atoms with Crippen molar-refractivity contribution >= 4 is 0 Å². The second kappa shape index (κ2) is 11.4. The Kier molecular flexibility index (Phi) is 6.85. The van der Waals surface area contributed by atoms with Gasteiger partial charge in [-0.05, 0) is 18.2 Å². The number of hydrogen-bond donors (Lipinski definition) is 1. The van der Waals surface area contributed by atoms with Crippen molar-refractivity contribution in [2.45, 2.75) is 0 Å². The topological polar surface area (TPSA) is 94.1 Å². The van der Waals surface area contributed by atoms with Crippen molar-refractivity contribution in [3.63, 3.8) is 0 Å². The third-order valence-electron chi connectivity index (χ3n) is 7.48. The molecule has 7 aromatic rings. The van der Waals surface area contributed by atoms with Crippen LogP contribution in [0.5, 0.6) is 0 Å². The maximum atomic E-state index is 10.3. The molecule has 0 unspecified atom stereocenters. The second-order valence-corrected chi connectivity index (χ2v) is 10.2. The molecule has 7 rings (SSSR count). The molecule has 2 heterocycles. The van der Waals surface area contributed by atoms with E-state index in [1.807, 2.05) is 120 Å². The zero-order valence-corrected chi connectivity index (χ0v) is 23.5. The van der Waals surface area contributed by atoms with Gasteiger partial charge in [-0.15, -0.1) is 0 Å². The van der Waals surface area contributed by atoms with Crippen LogP contribution in [0.25, 0.3) is 62.4 Å². The Balaban J connectivity index is 1.59. The fourth-order valence-electron chi connectivity index (χ4n) is 5.46. The molecule has 0 spiro atoms. The summed E-state index contributed by atoms with van der Waals surface area (Å²) in [4.78, 5) is 14.0. The normalized spacial score (nSPS) is 10.7. The smallest absolute Gasteiger partial charge is 0.182 e. The van der Waals surface area contributed by atoms with Gasteiger partial charge >= 0.3 is 0 Å². The quantitative estimate of drug-likeness (QED) is 0.219. The summed E-state index contributed by atoms with van der Waals surface area (Å²) < 4.78 is 1.99. The van der Waals surface area contributed by atoms with Crippen LogP contribution in [0.2, 0.25) is 0 Å². The minimum absolute atomic E-state index is 0.359. The molecular weight excluding hydrogens is 540 g/mol. The summed E-state index contributed by atoms with van der Waals surface area (Å²) in [6, 6.07) is 49.8. The molecule has 0 saturated heterocycles. The number of benzene rings is 5. The lowest BCUT2D eigenvalue weighted by atomic mass is 10.0. The van der Waals surface area contributed by atoms with E-state index in [1.165, 1.54) is 0 Å². The molecule has 0 amide bonds. The largest absolute Gasteiger partial charge is 0.335 e. The van der Waals surface area contributed by atoms with Crippen molar-refractivity contribution < 1.29 is 0 Å². The first-order valence-electron chi connectivity index (χ1n) is 14.1. The fraction of sp³-hybridized carbons (Fsp3) is 0.